The van der Waals surface area contributed by atoms with Crippen molar-refractivity contribution in [3.05, 3.63) is 95.6 Å². The number of benzene rings is 3. The minimum atomic E-state index is -4.08. The highest BCUT2D eigenvalue weighted by atomic mass is 32.2. The summed E-state index contributed by atoms with van der Waals surface area (Å²) >= 11 is 0. The summed E-state index contributed by atoms with van der Waals surface area (Å²) in [5.41, 5.74) is 3.20. The maximum Gasteiger partial charge on any atom is 0.264 e. The van der Waals surface area contributed by atoms with Crippen LogP contribution in [0.1, 0.15) is 55.7 Å². The van der Waals surface area contributed by atoms with Gasteiger partial charge in [-0.15, -0.1) is 0 Å². The number of sulfonamides is 1. The van der Waals surface area contributed by atoms with Gasteiger partial charge >= 0.3 is 0 Å². The van der Waals surface area contributed by atoms with E-state index in [1.807, 2.05) is 57.2 Å². The highest BCUT2D eigenvalue weighted by Crippen LogP contribution is 2.29. The van der Waals surface area contributed by atoms with Crippen molar-refractivity contribution >= 4 is 27.5 Å². The Morgan fingerprint density at radius 3 is 2.17 bits per heavy atom. The molecular weight excluding hydrogens is 534 g/mol. The molecule has 0 bridgehead atoms. The Hall–Kier alpha value is -3.65. The topological polar surface area (TPSA) is 86.8 Å². The Balaban J connectivity index is 1.69. The molecule has 4 rings (SSSR count). The van der Waals surface area contributed by atoms with Crippen molar-refractivity contribution in [1.82, 2.24) is 10.2 Å². The van der Waals surface area contributed by atoms with Crippen molar-refractivity contribution in [2.24, 2.45) is 0 Å². The predicted octanol–water partition coefficient (Wildman–Crippen LogP) is 5.41. The maximum atomic E-state index is 14.2. The van der Waals surface area contributed by atoms with E-state index in [0.717, 1.165) is 42.4 Å². The number of carbonyl (C=O) groups is 2. The van der Waals surface area contributed by atoms with Crippen molar-refractivity contribution < 1.29 is 18.0 Å². The molecular formula is C33H41N3O4S. The Bertz CT molecular complexity index is 1420. The normalized spacial score (nSPS) is 14.4. The molecule has 0 aromatic heterocycles. The van der Waals surface area contributed by atoms with Crippen molar-refractivity contribution in [3.8, 4) is 0 Å². The number of rotatable bonds is 12. The van der Waals surface area contributed by atoms with Gasteiger partial charge in [0.05, 0.1) is 10.6 Å². The van der Waals surface area contributed by atoms with Crippen molar-refractivity contribution in [3.63, 3.8) is 0 Å². The third kappa shape index (κ3) is 7.36. The van der Waals surface area contributed by atoms with Gasteiger partial charge in [0.2, 0.25) is 11.8 Å². The Labute approximate surface area is 244 Å². The Morgan fingerprint density at radius 2 is 1.54 bits per heavy atom. The quantitative estimate of drug-likeness (QED) is 0.313. The summed E-state index contributed by atoms with van der Waals surface area (Å²) in [4.78, 5) is 29.4. The molecule has 8 heteroatoms. The van der Waals surface area contributed by atoms with Gasteiger partial charge in [-0.2, -0.15) is 0 Å². The number of nitrogens with one attached hydrogen (secondary N) is 1. The summed E-state index contributed by atoms with van der Waals surface area (Å²) in [5.74, 6) is -0.584. The number of aryl methyl sites for hydroxylation is 1. The first-order valence-corrected chi connectivity index (χ1v) is 15.9. The summed E-state index contributed by atoms with van der Waals surface area (Å²) in [7, 11) is -4.08. The lowest BCUT2D eigenvalue weighted by molar-refractivity contribution is -0.139. The second-order valence-corrected chi connectivity index (χ2v) is 12.6. The van der Waals surface area contributed by atoms with E-state index in [9.17, 15) is 18.0 Å². The molecule has 1 fully saturated rings. The zero-order chi connectivity index (χ0) is 29.4. The number of nitrogens with zero attached hydrogens (tertiary/aromatic N) is 2. The molecule has 0 heterocycles. The zero-order valence-corrected chi connectivity index (χ0v) is 25.1. The van der Waals surface area contributed by atoms with Crippen molar-refractivity contribution in [1.29, 1.82) is 0 Å². The van der Waals surface area contributed by atoms with E-state index in [-0.39, 0.29) is 16.8 Å². The molecule has 0 aliphatic heterocycles. The highest BCUT2D eigenvalue weighted by Gasteiger charge is 2.34. The van der Waals surface area contributed by atoms with Crippen LogP contribution in [0.2, 0.25) is 0 Å². The standard InChI is InChI=1S/C33H41N3O4S/c1-4-30(33(38)34-28-17-11-12-18-28)35(23-22-27-15-7-5-8-16-27)32(37)24-36(31-21-13-14-25(2)26(31)3)41(39,40)29-19-9-6-10-20-29/h5-10,13-16,19-21,28,30H,4,11-12,17-18,22-24H2,1-3H3,(H,34,38). The fourth-order valence-electron chi connectivity index (χ4n) is 5.50. The number of amides is 2. The van der Waals surface area contributed by atoms with Crippen LogP contribution in [0.3, 0.4) is 0 Å². The van der Waals surface area contributed by atoms with Gasteiger partial charge < -0.3 is 10.2 Å². The minimum Gasteiger partial charge on any atom is -0.352 e. The largest absolute Gasteiger partial charge is 0.352 e. The van der Waals surface area contributed by atoms with Gasteiger partial charge in [-0.3, -0.25) is 13.9 Å². The second kappa shape index (κ2) is 13.8. The SMILES string of the molecule is CCC(C(=O)NC1CCCC1)N(CCc1ccccc1)C(=O)CN(c1cccc(C)c1C)S(=O)(=O)c1ccccc1. The van der Waals surface area contributed by atoms with Gasteiger partial charge in [-0.25, -0.2) is 8.42 Å². The first kappa shape index (κ1) is 30.3. The zero-order valence-electron chi connectivity index (χ0n) is 24.3. The smallest absolute Gasteiger partial charge is 0.264 e. The van der Waals surface area contributed by atoms with Crippen LogP contribution in [0.15, 0.2) is 83.8 Å². The minimum absolute atomic E-state index is 0.107. The molecule has 1 aliphatic rings. The van der Waals surface area contributed by atoms with E-state index in [2.05, 4.69) is 5.32 Å². The van der Waals surface area contributed by atoms with Gasteiger partial charge in [0, 0.05) is 12.6 Å². The van der Waals surface area contributed by atoms with Gasteiger partial charge in [-0.1, -0.05) is 80.4 Å². The van der Waals surface area contributed by atoms with E-state index in [1.54, 1.807) is 35.2 Å². The Kier molecular flexibility index (Phi) is 10.2. The second-order valence-electron chi connectivity index (χ2n) is 10.8. The maximum absolute atomic E-state index is 14.2. The first-order chi connectivity index (χ1) is 19.7. The fraction of sp³-hybridized carbons (Fsp3) is 0.394. The molecule has 2 amide bonds. The molecule has 1 aliphatic carbocycles. The summed E-state index contributed by atoms with van der Waals surface area (Å²) in [6.45, 7) is 5.56. The molecule has 3 aromatic rings. The van der Waals surface area contributed by atoms with Crippen LogP contribution in [-0.4, -0.2) is 50.3 Å². The van der Waals surface area contributed by atoms with Crippen LogP contribution >= 0.6 is 0 Å². The molecule has 0 spiro atoms. The first-order valence-electron chi connectivity index (χ1n) is 14.5. The molecule has 7 nitrogen and oxygen atoms in total. The molecule has 41 heavy (non-hydrogen) atoms. The lowest BCUT2D eigenvalue weighted by Gasteiger charge is -2.34. The molecule has 1 saturated carbocycles. The summed E-state index contributed by atoms with van der Waals surface area (Å²) < 4.78 is 29.2. The van der Waals surface area contributed by atoms with Gasteiger partial charge in [0.15, 0.2) is 0 Å². The number of anilines is 1. The summed E-state index contributed by atoms with van der Waals surface area (Å²) in [5, 5.41) is 3.16. The monoisotopic (exact) mass is 575 g/mol. The molecule has 218 valence electrons. The molecule has 0 saturated heterocycles. The molecule has 1 unspecified atom stereocenters. The van der Waals surface area contributed by atoms with Gasteiger partial charge in [0.25, 0.3) is 10.0 Å². The van der Waals surface area contributed by atoms with Crippen molar-refractivity contribution in [2.75, 3.05) is 17.4 Å². The van der Waals surface area contributed by atoms with Crippen molar-refractivity contribution in [2.45, 2.75) is 76.3 Å². The van der Waals surface area contributed by atoms with Crippen LogP contribution in [0, 0.1) is 13.8 Å². The van der Waals surface area contributed by atoms with Gasteiger partial charge in [0.1, 0.15) is 12.6 Å². The Morgan fingerprint density at radius 1 is 0.902 bits per heavy atom. The molecule has 1 N–H and O–H groups in total. The van der Waals surface area contributed by atoms with Crippen LogP contribution in [-0.2, 0) is 26.0 Å². The third-order valence-electron chi connectivity index (χ3n) is 8.03. The molecule has 1 atom stereocenters. The lowest BCUT2D eigenvalue weighted by Crippen LogP contribution is -2.54. The van der Waals surface area contributed by atoms with Gasteiger partial charge in [-0.05, 0) is 74.4 Å². The number of hydrogen-bond acceptors (Lipinski definition) is 4. The van der Waals surface area contributed by atoms with Crippen LogP contribution < -0.4 is 9.62 Å². The van der Waals surface area contributed by atoms with E-state index in [4.69, 9.17) is 0 Å². The van der Waals surface area contributed by atoms with E-state index < -0.39 is 28.5 Å². The lowest BCUT2D eigenvalue weighted by atomic mass is 10.1. The molecule has 0 radical (unpaired) electrons. The average molecular weight is 576 g/mol. The highest BCUT2D eigenvalue weighted by molar-refractivity contribution is 7.92. The van der Waals surface area contributed by atoms with E-state index >= 15 is 0 Å². The fourth-order valence-corrected chi connectivity index (χ4v) is 6.99. The van der Waals surface area contributed by atoms with Crippen LogP contribution in [0.4, 0.5) is 5.69 Å². The van der Waals surface area contributed by atoms with Crippen LogP contribution in [0.5, 0.6) is 0 Å². The number of hydrogen-bond donors (Lipinski definition) is 1. The van der Waals surface area contributed by atoms with E-state index in [0.29, 0.717) is 25.1 Å². The summed E-state index contributed by atoms with van der Waals surface area (Å²) in [6.07, 6.45) is 5.02. The van der Waals surface area contributed by atoms with Crippen LogP contribution in [0.25, 0.3) is 0 Å². The van der Waals surface area contributed by atoms with E-state index in [1.165, 1.54) is 16.4 Å². The molecule has 3 aromatic carbocycles. The average Bonchev–Trinajstić information content (AvgIpc) is 3.49. The summed E-state index contributed by atoms with van der Waals surface area (Å²) in [6, 6.07) is 22.8. The predicted molar refractivity (Wildman–Crippen MR) is 163 cm³/mol. The third-order valence-corrected chi connectivity index (χ3v) is 9.80. The number of carbonyl (C=O) groups excluding carboxylic acids is 2.